The molecule has 0 aromatic heterocycles. The molecule has 0 unspecified atom stereocenters. The fourth-order valence-electron chi connectivity index (χ4n) is 2.17. The molecule has 17 heavy (non-hydrogen) atoms. The molecular weight excluding hydrogens is 236 g/mol. The minimum atomic E-state index is -0.540. The summed E-state index contributed by atoms with van der Waals surface area (Å²) in [5, 5.41) is 3.01. The fourth-order valence-corrected chi connectivity index (χ4v) is 2.17. The average Bonchev–Trinajstić information content (AvgIpc) is 2.82. The lowest BCUT2D eigenvalue weighted by Crippen LogP contribution is -2.39. The highest BCUT2D eigenvalue weighted by molar-refractivity contribution is 5.85. The van der Waals surface area contributed by atoms with Gasteiger partial charge in [0.15, 0.2) is 0 Å². The lowest BCUT2D eigenvalue weighted by atomic mass is 10.1. The molecule has 1 aromatic rings. The number of nitrogens with one attached hydrogen (secondary N) is 1. The van der Waals surface area contributed by atoms with Crippen molar-refractivity contribution in [3.63, 3.8) is 0 Å². The van der Waals surface area contributed by atoms with E-state index in [1.807, 2.05) is 30.3 Å². The molecule has 1 fully saturated rings. The standard InChI is InChI=1S/C13H18N2O.ClH/c14-12(10-6-2-1-3-7-10)13(16)15-11-8-4-5-9-11;/h1-3,6-7,11-12H,4-5,8-9,14H2,(H,15,16);1H/t12-;/m1./s1. The number of hydrogen-bond donors (Lipinski definition) is 2. The van der Waals surface area contributed by atoms with Gasteiger partial charge in [0, 0.05) is 6.04 Å². The van der Waals surface area contributed by atoms with E-state index in [4.69, 9.17) is 5.73 Å². The third kappa shape index (κ3) is 3.72. The van der Waals surface area contributed by atoms with Crippen molar-refractivity contribution < 1.29 is 4.79 Å². The van der Waals surface area contributed by atoms with Crippen molar-refractivity contribution in [2.45, 2.75) is 37.8 Å². The van der Waals surface area contributed by atoms with Crippen molar-refractivity contribution in [1.82, 2.24) is 5.32 Å². The van der Waals surface area contributed by atoms with Gasteiger partial charge in [-0.05, 0) is 18.4 Å². The van der Waals surface area contributed by atoms with E-state index < -0.39 is 6.04 Å². The summed E-state index contributed by atoms with van der Waals surface area (Å²) in [6.45, 7) is 0. The molecule has 1 aliphatic carbocycles. The van der Waals surface area contributed by atoms with Gasteiger partial charge in [0.05, 0.1) is 0 Å². The summed E-state index contributed by atoms with van der Waals surface area (Å²) in [7, 11) is 0. The highest BCUT2D eigenvalue weighted by Crippen LogP contribution is 2.18. The summed E-state index contributed by atoms with van der Waals surface area (Å²) in [5.41, 5.74) is 6.78. The van der Waals surface area contributed by atoms with Gasteiger partial charge in [-0.1, -0.05) is 43.2 Å². The summed E-state index contributed by atoms with van der Waals surface area (Å²) in [6.07, 6.45) is 4.61. The predicted molar refractivity (Wildman–Crippen MR) is 71.0 cm³/mol. The molecule has 1 amide bonds. The Morgan fingerprint density at radius 3 is 2.41 bits per heavy atom. The van der Waals surface area contributed by atoms with Crippen LogP contribution in [0.3, 0.4) is 0 Å². The number of hydrogen-bond acceptors (Lipinski definition) is 2. The first-order chi connectivity index (χ1) is 7.77. The third-order valence-corrected chi connectivity index (χ3v) is 3.14. The molecule has 0 radical (unpaired) electrons. The molecule has 0 spiro atoms. The molecular formula is C13H19ClN2O. The van der Waals surface area contributed by atoms with Gasteiger partial charge < -0.3 is 11.1 Å². The Balaban J connectivity index is 0.00000144. The molecule has 94 valence electrons. The average molecular weight is 255 g/mol. The van der Waals surface area contributed by atoms with Crippen LogP contribution in [0.15, 0.2) is 30.3 Å². The van der Waals surface area contributed by atoms with Gasteiger partial charge in [0.25, 0.3) is 0 Å². The van der Waals surface area contributed by atoms with Gasteiger partial charge in [-0.25, -0.2) is 0 Å². The molecule has 4 heteroatoms. The Morgan fingerprint density at radius 2 is 1.82 bits per heavy atom. The lowest BCUT2D eigenvalue weighted by molar-refractivity contribution is -0.123. The Bertz CT molecular complexity index is 350. The van der Waals surface area contributed by atoms with Crippen LogP contribution in [0, 0.1) is 0 Å². The van der Waals surface area contributed by atoms with Crippen LogP contribution in [-0.4, -0.2) is 11.9 Å². The lowest BCUT2D eigenvalue weighted by Gasteiger charge is -2.16. The maximum Gasteiger partial charge on any atom is 0.241 e. The van der Waals surface area contributed by atoms with Gasteiger partial charge in [-0.3, -0.25) is 4.79 Å². The van der Waals surface area contributed by atoms with E-state index >= 15 is 0 Å². The van der Waals surface area contributed by atoms with Crippen molar-refractivity contribution >= 4 is 18.3 Å². The molecule has 2 rings (SSSR count). The summed E-state index contributed by atoms with van der Waals surface area (Å²) in [4.78, 5) is 11.9. The van der Waals surface area contributed by atoms with Crippen molar-refractivity contribution in [1.29, 1.82) is 0 Å². The monoisotopic (exact) mass is 254 g/mol. The van der Waals surface area contributed by atoms with Crippen LogP contribution in [0.4, 0.5) is 0 Å². The van der Waals surface area contributed by atoms with Gasteiger partial charge in [-0.15, -0.1) is 12.4 Å². The first-order valence-corrected chi connectivity index (χ1v) is 5.88. The Hall–Kier alpha value is -1.06. The van der Waals surface area contributed by atoms with Crippen molar-refractivity contribution in [2.75, 3.05) is 0 Å². The zero-order valence-corrected chi connectivity index (χ0v) is 10.6. The maximum atomic E-state index is 11.9. The van der Waals surface area contributed by atoms with E-state index in [-0.39, 0.29) is 18.3 Å². The number of carbonyl (C=O) groups is 1. The minimum absolute atomic E-state index is 0. The Morgan fingerprint density at radius 1 is 1.24 bits per heavy atom. The van der Waals surface area contributed by atoms with Crippen molar-refractivity contribution in [3.05, 3.63) is 35.9 Å². The van der Waals surface area contributed by atoms with Crippen LogP contribution >= 0.6 is 12.4 Å². The van der Waals surface area contributed by atoms with Crippen LogP contribution in [0.2, 0.25) is 0 Å². The van der Waals surface area contributed by atoms with Crippen molar-refractivity contribution in [2.24, 2.45) is 5.73 Å². The molecule has 1 aliphatic rings. The number of amides is 1. The highest BCUT2D eigenvalue weighted by atomic mass is 35.5. The van der Waals surface area contributed by atoms with Crippen LogP contribution in [0.5, 0.6) is 0 Å². The summed E-state index contributed by atoms with van der Waals surface area (Å²) < 4.78 is 0. The van der Waals surface area contributed by atoms with E-state index in [9.17, 15) is 4.79 Å². The molecule has 3 nitrogen and oxygen atoms in total. The number of rotatable bonds is 3. The number of carbonyl (C=O) groups excluding carboxylic acids is 1. The van der Waals surface area contributed by atoms with Crippen molar-refractivity contribution in [3.8, 4) is 0 Å². The number of nitrogens with two attached hydrogens (primary N) is 1. The molecule has 3 N–H and O–H groups in total. The molecule has 1 saturated carbocycles. The summed E-state index contributed by atoms with van der Waals surface area (Å²) in [6, 6.07) is 9.29. The number of halogens is 1. The highest BCUT2D eigenvalue weighted by Gasteiger charge is 2.21. The Labute approximate surface area is 108 Å². The SMILES string of the molecule is Cl.N[C@@H](C(=O)NC1CCCC1)c1ccccc1. The molecule has 0 aliphatic heterocycles. The molecule has 0 saturated heterocycles. The van der Waals surface area contributed by atoms with E-state index in [0.717, 1.165) is 18.4 Å². The van der Waals surface area contributed by atoms with E-state index in [1.165, 1.54) is 12.8 Å². The van der Waals surface area contributed by atoms with E-state index in [0.29, 0.717) is 6.04 Å². The zero-order valence-electron chi connectivity index (χ0n) is 9.76. The first kappa shape index (κ1) is 14.0. The zero-order chi connectivity index (χ0) is 11.4. The molecule has 1 aromatic carbocycles. The van der Waals surface area contributed by atoms with Gasteiger partial charge in [-0.2, -0.15) is 0 Å². The fraction of sp³-hybridized carbons (Fsp3) is 0.462. The summed E-state index contributed by atoms with van der Waals surface area (Å²) in [5.74, 6) is -0.0573. The van der Waals surface area contributed by atoms with E-state index in [2.05, 4.69) is 5.32 Å². The second-order valence-corrected chi connectivity index (χ2v) is 4.38. The smallest absolute Gasteiger partial charge is 0.241 e. The predicted octanol–water partition coefficient (Wildman–Crippen LogP) is 2.17. The van der Waals surface area contributed by atoms with Crippen LogP contribution in [-0.2, 0) is 4.79 Å². The largest absolute Gasteiger partial charge is 0.352 e. The second kappa shape index (κ2) is 6.62. The van der Waals surface area contributed by atoms with E-state index in [1.54, 1.807) is 0 Å². The maximum absolute atomic E-state index is 11.9. The van der Waals surface area contributed by atoms with Crippen LogP contribution < -0.4 is 11.1 Å². The second-order valence-electron chi connectivity index (χ2n) is 4.38. The molecule has 0 bridgehead atoms. The van der Waals surface area contributed by atoms with Gasteiger partial charge in [0.2, 0.25) is 5.91 Å². The number of benzene rings is 1. The Kier molecular flexibility index (Phi) is 5.45. The van der Waals surface area contributed by atoms with Gasteiger partial charge >= 0.3 is 0 Å². The van der Waals surface area contributed by atoms with Crippen LogP contribution in [0.1, 0.15) is 37.3 Å². The quantitative estimate of drug-likeness (QED) is 0.869. The molecule has 0 heterocycles. The van der Waals surface area contributed by atoms with Crippen LogP contribution in [0.25, 0.3) is 0 Å². The summed E-state index contributed by atoms with van der Waals surface area (Å²) >= 11 is 0. The molecule has 1 atom stereocenters. The topological polar surface area (TPSA) is 55.1 Å². The third-order valence-electron chi connectivity index (χ3n) is 3.14. The minimum Gasteiger partial charge on any atom is -0.352 e. The normalized spacial score (nSPS) is 17.2. The van der Waals surface area contributed by atoms with Gasteiger partial charge in [0.1, 0.15) is 6.04 Å². The first-order valence-electron chi connectivity index (χ1n) is 5.88.